The van der Waals surface area contributed by atoms with E-state index in [2.05, 4.69) is 0 Å². The van der Waals surface area contributed by atoms with Crippen molar-refractivity contribution in [1.29, 1.82) is 0 Å². The molecule has 1 aromatic heterocycles. The summed E-state index contributed by atoms with van der Waals surface area (Å²) in [6.45, 7) is 5.51. The number of hydrogen-bond acceptors (Lipinski definition) is 5. The molecule has 5 nitrogen and oxygen atoms in total. The normalized spacial score (nSPS) is 20.0. The van der Waals surface area contributed by atoms with Crippen molar-refractivity contribution in [2.45, 2.75) is 38.9 Å². The highest BCUT2D eigenvalue weighted by Gasteiger charge is 2.36. The lowest BCUT2D eigenvalue weighted by molar-refractivity contribution is 0.0118. The van der Waals surface area contributed by atoms with E-state index >= 15 is 0 Å². The Bertz CT molecular complexity index is 772. The molecule has 2 heterocycles. The topological polar surface area (TPSA) is 68.9 Å². The number of aliphatic hydroxyl groups is 1. The maximum Gasteiger partial charge on any atom is 0.196 e. The Balaban J connectivity index is 2.43. The summed E-state index contributed by atoms with van der Waals surface area (Å²) in [5, 5.41) is 10.8. The summed E-state index contributed by atoms with van der Waals surface area (Å²) in [5.74, 6) is 1.37. The molecule has 2 aromatic rings. The second-order valence-electron chi connectivity index (χ2n) is 6.00. The van der Waals surface area contributed by atoms with Crippen molar-refractivity contribution in [3.05, 3.63) is 33.7 Å². The van der Waals surface area contributed by atoms with Gasteiger partial charge in [0.1, 0.15) is 28.2 Å². The Labute approximate surface area is 122 Å². The van der Waals surface area contributed by atoms with Gasteiger partial charge >= 0.3 is 0 Å². The van der Waals surface area contributed by atoms with Gasteiger partial charge in [-0.25, -0.2) is 0 Å². The summed E-state index contributed by atoms with van der Waals surface area (Å²) in [7, 11) is 1.49. The van der Waals surface area contributed by atoms with Gasteiger partial charge in [-0.2, -0.15) is 0 Å². The van der Waals surface area contributed by atoms with E-state index in [-0.39, 0.29) is 5.43 Å². The van der Waals surface area contributed by atoms with Gasteiger partial charge in [-0.05, 0) is 20.8 Å². The van der Waals surface area contributed by atoms with Crippen molar-refractivity contribution in [2.24, 2.45) is 0 Å². The number of benzene rings is 1. The minimum Gasteiger partial charge on any atom is -0.496 e. The highest BCUT2D eigenvalue weighted by Crippen LogP contribution is 2.45. The van der Waals surface area contributed by atoms with Gasteiger partial charge in [0.15, 0.2) is 11.0 Å². The van der Waals surface area contributed by atoms with Crippen LogP contribution in [-0.4, -0.2) is 17.8 Å². The van der Waals surface area contributed by atoms with Crippen LogP contribution in [0.4, 0.5) is 0 Å². The minimum atomic E-state index is -0.748. The molecular weight excluding hydrogens is 272 g/mol. The van der Waals surface area contributed by atoms with Crippen LogP contribution in [0.3, 0.4) is 0 Å². The summed E-state index contributed by atoms with van der Waals surface area (Å²) in [6, 6.07) is 3.06. The smallest absolute Gasteiger partial charge is 0.196 e. The zero-order chi connectivity index (χ0) is 15.4. The van der Waals surface area contributed by atoms with Crippen LogP contribution in [0.2, 0.25) is 0 Å². The molecule has 1 aliphatic rings. The highest BCUT2D eigenvalue weighted by atomic mass is 16.5. The number of aryl methyl sites for hydroxylation is 1. The van der Waals surface area contributed by atoms with Crippen LogP contribution in [0.1, 0.15) is 37.7 Å². The molecule has 0 fully saturated rings. The molecule has 0 spiro atoms. The van der Waals surface area contributed by atoms with Gasteiger partial charge < -0.3 is 19.0 Å². The van der Waals surface area contributed by atoms with Gasteiger partial charge in [-0.1, -0.05) is 0 Å². The Morgan fingerprint density at radius 3 is 2.76 bits per heavy atom. The first kappa shape index (κ1) is 13.9. The lowest BCUT2D eigenvalue weighted by Gasteiger charge is -2.35. The second-order valence-corrected chi connectivity index (χ2v) is 6.00. The molecule has 0 bridgehead atoms. The van der Waals surface area contributed by atoms with Crippen LogP contribution in [0, 0.1) is 6.92 Å². The fourth-order valence-electron chi connectivity index (χ4n) is 2.88. The van der Waals surface area contributed by atoms with Crippen molar-refractivity contribution in [1.82, 2.24) is 0 Å². The van der Waals surface area contributed by atoms with Crippen molar-refractivity contribution in [2.75, 3.05) is 7.11 Å². The highest BCUT2D eigenvalue weighted by molar-refractivity contribution is 5.89. The van der Waals surface area contributed by atoms with Gasteiger partial charge in [0.25, 0.3) is 0 Å². The Kier molecular flexibility index (Phi) is 2.99. The van der Waals surface area contributed by atoms with Gasteiger partial charge in [-0.15, -0.1) is 0 Å². The maximum absolute atomic E-state index is 12.2. The first-order chi connectivity index (χ1) is 9.82. The van der Waals surface area contributed by atoms with Crippen LogP contribution < -0.4 is 14.9 Å². The van der Waals surface area contributed by atoms with Gasteiger partial charge in [0, 0.05) is 18.6 Å². The molecule has 5 heteroatoms. The lowest BCUT2D eigenvalue weighted by atomic mass is 9.90. The van der Waals surface area contributed by atoms with E-state index in [4.69, 9.17) is 13.9 Å². The first-order valence-electron chi connectivity index (χ1n) is 6.85. The third-order valence-electron chi connectivity index (χ3n) is 3.71. The number of fused-ring (bicyclic) bond motifs is 3. The van der Waals surface area contributed by atoms with Gasteiger partial charge in [0.2, 0.25) is 0 Å². The Hall–Kier alpha value is -2.01. The summed E-state index contributed by atoms with van der Waals surface area (Å²) >= 11 is 0. The van der Waals surface area contributed by atoms with Gasteiger partial charge in [0.05, 0.1) is 18.8 Å². The molecule has 1 aromatic carbocycles. The van der Waals surface area contributed by atoms with Gasteiger partial charge in [-0.3, -0.25) is 4.79 Å². The average Bonchev–Trinajstić information content (AvgIpc) is 2.34. The molecular formula is C16H18O5. The summed E-state index contributed by atoms with van der Waals surface area (Å²) in [6.07, 6.45) is -0.318. The van der Waals surface area contributed by atoms with Crippen molar-refractivity contribution >= 4 is 11.0 Å². The molecule has 21 heavy (non-hydrogen) atoms. The molecule has 1 N–H and O–H groups in total. The molecule has 112 valence electrons. The second kappa shape index (κ2) is 4.49. The zero-order valence-electron chi connectivity index (χ0n) is 12.5. The molecule has 3 rings (SSSR count). The number of aliphatic hydroxyl groups excluding tert-OH is 1. The molecule has 0 saturated heterocycles. The van der Waals surface area contributed by atoms with Crippen LogP contribution >= 0.6 is 0 Å². The minimum absolute atomic E-state index is 0.189. The quantitative estimate of drug-likeness (QED) is 0.874. The lowest BCUT2D eigenvalue weighted by Crippen LogP contribution is -2.35. The van der Waals surface area contributed by atoms with E-state index in [1.807, 2.05) is 13.8 Å². The largest absolute Gasteiger partial charge is 0.496 e. The maximum atomic E-state index is 12.2. The zero-order valence-corrected chi connectivity index (χ0v) is 12.5. The SMILES string of the molecule is COc1cc2c(c3oc(C)cc(=O)c13)[C@@H](O)CC(C)(C)O2. The van der Waals surface area contributed by atoms with Crippen LogP contribution in [0.5, 0.6) is 11.5 Å². The fourth-order valence-corrected chi connectivity index (χ4v) is 2.88. The van der Waals surface area contributed by atoms with E-state index in [9.17, 15) is 9.90 Å². The third kappa shape index (κ3) is 2.17. The third-order valence-corrected chi connectivity index (χ3v) is 3.71. The molecule has 1 atom stereocenters. The van der Waals surface area contributed by atoms with E-state index in [1.165, 1.54) is 13.2 Å². The summed E-state index contributed by atoms with van der Waals surface area (Å²) in [5.41, 5.74) is 0.184. The Morgan fingerprint density at radius 2 is 2.10 bits per heavy atom. The van der Waals surface area contributed by atoms with Crippen molar-refractivity contribution < 1.29 is 19.0 Å². The van der Waals surface area contributed by atoms with Crippen LogP contribution in [0.25, 0.3) is 11.0 Å². The monoisotopic (exact) mass is 290 g/mol. The number of ether oxygens (including phenoxy) is 2. The molecule has 1 aliphatic heterocycles. The number of methoxy groups -OCH3 is 1. The first-order valence-corrected chi connectivity index (χ1v) is 6.85. The molecule has 0 amide bonds. The number of hydrogen-bond donors (Lipinski definition) is 1. The van der Waals surface area contributed by atoms with Crippen molar-refractivity contribution in [3.63, 3.8) is 0 Å². The average molecular weight is 290 g/mol. The molecule has 0 radical (unpaired) electrons. The molecule has 0 saturated carbocycles. The molecule has 0 unspecified atom stereocenters. The van der Waals surface area contributed by atoms with Crippen LogP contribution in [-0.2, 0) is 0 Å². The van der Waals surface area contributed by atoms with Crippen LogP contribution in [0.15, 0.2) is 21.3 Å². The standard InChI is InChI=1S/C16H18O5/c1-8-5-9(17)13-11(19-4)6-12-14(15(13)20-8)10(18)7-16(2,3)21-12/h5-6,10,18H,7H2,1-4H3/t10-/m0/s1. The fraction of sp³-hybridized carbons (Fsp3) is 0.438. The predicted octanol–water partition coefficient (Wildman–Crippen LogP) is 2.70. The number of rotatable bonds is 1. The van der Waals surface area contributed by atoms with E-state index in [0.717, 1.165) is 0 Å². The summed E-state index contributed by atoms with van der Waals surface area (Å²) < 4.78 is 16.9. The molecule has 0 aliphatic carbocycles. The predicted molar refractivity (Wildman–Crippen MR) is 78.1 cm³/mol. The van der Waals surface area contributed by atoms with Crippen molar-refractivity contribution in [3.8, 4) is 11.5 Å². The Morgan fingerprint density at radius 1 is 1.38 bits per heavy atom. The van der Waals surface area contributed by atoms with E-state index < -0.39 is 11.7 Å². The van der Waals surface area contributed by atoms with E-state index in [1.54, 1.807) is 13.0 Å². The summed E-state index contributed by atoms with van der Waals surface area (Å²) in [4.78, 5) is 12.2. The van der Waals surface area contributed by atoms with E-state index in [0.29, 0.717) is 40.2 Å².